The Labute approximate surface area is 135 Å². The predicted molar refractivity (Wildman–Crippen MR) is 83.1 cm³/mol. The third-order valence-corrected chi connectivity index (χ3v) is 3.89. The Morgan fingerprint density at radius 2 is 2.00 bits per heavy atom. The van der Waals surface area contributed by atoms with E-state index in [-0.39, 0.29) is 16.9 Å². The van der Waals surface area contributed by atoms with Crippen molar-refractivity contribution in [2.75, 3.05) is 0 Å². The summed E-state index contributed by atoms with van der Waals surface area (Å²) in [5, 5.41) is 4.41. The van der Waals surface area contributed by atoms with Crippen LogP contribution in [0.2, 0.25) is 0 Å². The lowest BCUT2D eigenvalue weighted by molar-refractivity contribution is -0.169. The van der Waals surface area contributed by atoms with Crippen molar-refractivity contribution in [3.8, 4) is 5.69 Å². The van der Waals surface area contributed by atoms with E-state index in [0.717, 1.165) is 18.2 Å². The Hall–Kier alpha value is -2.64. The maximum Gasteiger partial charge on any atom is 0.391 e. The normalized spacial score (nSPS) is 13.4. The van der Waals surface area contributed by atoms with Crippen molar-refractivity contribution in [2.24, 2.45) is 5.92 Å². The van der Waals surface area contributed by atoms with Crippen molar-refractivity contribution in [3.63, 3.8) is 0 Å². The van der Waals surface area contributed by atoms with E-state index < -0.39 is 24.1 Å². The summed E-state index contributed by atoms with van der Waals surface area (Å²) in [7, 11) is 0. The zero-order valence-electron chi connectivity index (χ0n) is 13.1. The third-order valence-electron chi connectivity index (χ3n) is 3.89. The summed E-state index contributed by atoms with van der Waals surface area (Å²) >= 11 is 0. The Balaban J connectivity index is 2.12. The molecule has 5 nitrogen and oxygen atoms in total. The van der Waals surface area contributed by atoms with Crippen LogP contribution in [0.3, 0.4) is 0 Å². The van der Waals surface area contributed by atoms with Gasteiger partial charge in [0.15, 0.2) is 5.65 Å². The Morgan fingerprint density at radius 3 is 2.67 bits per heavy atom. The van der Waals surface area contributed by atoms with Crippen LogP contribution in [0.4, 0.5) is 13.2 Å². The highest BCUT2D eigenvalue weighted by molar-refractivity contribution is 5.75. The molecule has 0 spiro atoms. The first-order valence-corrected chi connectivity index (χ1v) is 7.37. The molecule has 0 aliphatic rings. The summed E-state index contributed by atoms with van der Waals surface area (Å²) in [6.45, 7) is 2.94. The first-order valence-electron chi connectivity index (χ1n) is 7.37. The SMILES string of the molecule is Cc1ccccc1-n1ncc2c(=O)[nH]c(C[C@@H](C)C(F)(F)F)nc21. The van der Waals surface area contributed by atoms with Crippen LogP contribution in [0.25, 0.3) is 16.7 Å². The number of aryl methyl sites for hydroxylation is 1. The van der Waals surface area contributed by atoms with Crippen molar-refractivity contribution in [1.82, 2.24) is 19.7 Å². The van der Waals surface area contributed by atoms with Gasteiger partial charge in [-0.15, -0.1) is 0 Å². The van der Waals surface area contributed by atoms with Gasteiger partial charge in [-0.05, 0) is 18.6 Å². The van der Waals surface area contributed by atoms with Crippen LogP contribution >= 0.6 is 0 Å². The highest BCUT2D eigenvalue weighted by Crippen LogP contribution is 2.28. The lowest BCUT2D eigenvalue weighted by Crippen LogP contribution is -2.24. The number of benzene rings is 1. The Bertz CT molecular complexity index is 942. The minimum Gasteiger partial charge on any atom is -0.310 e. The molecule has 2 heterocycles. The minimum atomic E-state index is -4.34. The number of halogens is 3. The first kappa shape index (κ1) is 16.2. The van der Waals surface area contributed by atoms with Crippen LogP contribution in [0.5, 0.6) is 0 Å². The van der Waals surface area contributed by atoms with Gasteiger partial charge >= 0.3 is 6.18 Å². The van der Waals surface area contributed by atoms with E-state index in [1.54, 1.807) is 0 Å². The third kappa shape index (κ3) is 2.91. The fraction of sp³-hybridized carbons (Fsp3) is 0.312. The predicted octanol–water partition coefficient (Wildman–Crippen LogP) is 3.16. The number of H-pyrrole nitrogens is 1. The van der Waals surface area contributed by atoms with Gasteiger partial charge in [-0.1, -0.05) is 25.1 Å². The van der Waals surface area contributed by atoms with Gasteiger partial charge in [0.1, 0.15) is 11.2 Å². The second-order valence-electron chi connectivity index (χ2n) is 5.74. The van der Waals surface area contributed by atoms with Crippen LogP contribution in [0.1, 0.15) is 18.3 Å². The van der Waals surface area contributed by atoms with Gasteiger partial charge in [0, 0.05) is 6.42 Å². The molecule has 1 N–H and O–H groups in total. The molecular formula is C16H15F3N4O. The molecule has 126 valence electrons. The lowest BCUT2D eigenvalue weighted by Gasteiger charge is -2.14. The van der Waals surface area contributed by atoms with Crippen LogP contribution in [-0.4, -0.2) is 25.9 Å². The average molecular weight is 336 g/mol. The molecule has 1 aromatic carbocycles. The zero-order valence-corrected chi connectivity index (χ0v) is 13.1. The van der Waals surface area contributed by atoms with E-state index in [4.69, 9.17) is 0 Å². The first-order chi connectivity index (χ1) is 11.3. The number of nitrogens with one attached hydrogen (secondary N) is 1. The molecule has 0 aliphatic carbocycles. The number of nitrogens with zero attached hydrogens (tertiary/aromatic N) is 3. The number of aromatic nitrogens is 4. The summed E-state index contributed by atoms with van der Waals surface area (Å²) in [5.74, 6) is -1.61. The number of hydrogen-bond acceptors (Lipinski definition) is 3. The van der Waals surface area contributed by atoms with E-state index in [1.807, 2.05) is 31.2 Å². The molecule has 3 rings (SSSR count). The van der Waals surface area contributed by atoms with E-state index in [9.17, 15) is 18.0 Å². The molecule has 0 amide bonds. The maximum atomic E-state index is 12.7. The van der Waals surface area contributed by atoms with Gasteiger partial charge in [0.2, 0.25) is 0 Å². The van der Waals surface area contributed by atoms with Crippen LogP contribution in [-0.2, 0) is 6.42 Å². The van der Waals surface area contributed by atoms with Gasteiger partial charge in [0.25, 0.3) is 5.56 Å². The number of para-hydroxylation sites is 1. The van der Waals surface area contributed by atoms with Gasteiger partial charge in [-0.25, -0.2) is 9.67 Å². The van der Waals surface area contributed by atoms with E-state index >= 15 is 0 Å². The molecule has 8 heteroatoms. The van der Waals surface area contributed by atoms with Crippen molar-refractivity contribution >= 4 is 11.0 Å². The number of hydrogen-bond donors (Lipinski definition) is 1. The Morgan fingerprint density at radius 1 is 1.29 bits per heavy atom. The average Bonchev–Trinajstić information content (AvgIpc) is 2.91. The standard InChI is InChI=1S/C16H15F3N4O/c1-9-5-3-4-6-12(9)23-14-11(8-20-23)15(24)22-13(21-14)7-10(2)16(17,18)19/h3-6,8,10H,7H2,1-2H3,(H,21,22,24)/t10-/m1/s1. The Kier molecular flexibility index (Phi) is 3.90. The van der Waals surface area contributed by atoms with Crippen molar-refractivity contribution < 1.29 is 13.2 Å². The number of fused-ring (bicyclic) bond motifs is 1. The van der Waals surface area contributed by atoms with Gasteiger partial charge in [-0.2, -0.15) is 18.3 Å². The molecule has 0 fully saturated rings. The van der Waals surface area contributed by atoms with Crippen LogP contribution in [0, 0.1) is 12.8 Å². The summed E-state index contributed by atoms with van der Waals surface area (Å²) in [5.41, 5.74) is 1.39. The zero-order chi connectivity index (χ0) is 17.5. The molecule has 0 unspecified atom stereocenters. The highest BCUT2D eigenvalue weighted by atomic mass is 19.4. The molecule has 1 atom stereocenters. The highest BCUT2D eigenvalue weighted by Gasteiger charge is 2.36. The monoisotopic (exact) mass is 336 g/mol. The van der Waals surface area contributed by atoms with Crippen molar-refractivity contribution in [3.05, 3.63) is 52.2 Å². The molecule has 0 saturated carbocycles. The van der Waals surface area contributed by atoms with E-state index in [1.165, 1.54) is 10.9 Å². The molecule has 24 heavy (non-hydrogen) atoms. The summed E-state index contributed by atoms with van der Waals surface area (Å²) in [6, 6.07) is 7.36. The van der Waals surface area contributed by atoms with Crippen LogP contribution in [0.15, 0.2) is 35.3 Å². The number of alkyl halides is 3. The largest absolute Gasteiger partial charge is 0.391 e. The van der Waals surface area contributed by atoms with E-state index in [0.29, 0.717) is 0 Å². The second-order valence-corrected chi connectivity index (χ2v) is 5.74. The smallest absolute Gasteiger partial charge is 0.310 e. The van der Waals surface area contributed by atoms with E-state index in [2.05, 4.69) is 15.1 Å². The summed E-state index contributed by atoms with van der Waals surface area (Å²) in [6.07, 6.45) is -3.37. The van der Waals surface area contributed by atoms with Gasteiger partial charge in [0.05, 0.1) is 17.8 Å². The maximum absolute atomic E-state index is 12.7. The molecule has 0 radical (unpaired) electrons. The minimum absolute atomic E-state index is 0.00680. The second kappa shape index (κ2) is 5.77. The summed E-state index contributed by atoms with van der Waals surface area (Å²) in [4.78, 5) is 18.8. The van der Waals surface area contributed by atoms with Gasteiger partial charge in [-0.3, -0.25) is 4.79 Å². The molecule has 3 aromatic rings. The quantitative estimate of drug-likeness (QED) is 0.799. The van der Waals surface area contributed by atoms with Crippen LogP contribution < -0.4 is 5.56 Å². The fourth-order valence-electron chi connectivity index (χ4n) is 2.44. The number of rotatable bonds is 3. The molecule has 0 saturated heterocycles. The lowest BCUT2D eigenvalue weighted by atomic mass is 10.1. The molecule has 0 aliphatic heterocycles. The number of aromatic amines is 1. The van der Waals surface area contributed by atoms with Crippen molar-refractivity contribution in [1.29, 1.82) is 0 Å². The molecule has 2 aromatic heterocycles. The van der Waals surface area contributed by atoms with Crippen molar-refractivity contribution in [2.45, 2.75) is 26.4 Å². The summed E-state index contributed by atoms with van der Waals surface area (Å²) < 4.78 is 39.7. The molecule has 0 bridgehead atoms. The topological polar surface area (TPSA) is 63.6 Å². The molecular weight excluding hydrogens is 321 g/mol. The fourth-order valence-corrected chi connectivity index (χ4v) is 2.44. The van der Waals surface area contributed by atoms with Gasteiger partial charge < -0.3 is 4.98 Å².